The van der Waals surface area contributed by atoms with Crippen molar-refractivity contribution in [2.24, 2.45) is 0 Å². The summed E-state index contributed by atoms with van der Waals surface area (Å²) in [6.45, 7) is 0.623. The van der Waals surface area contributed by atoms with Crippen LogP contribution in [0.2, 0.25) is 0 Å². The van der Waals surface area contributed by atoms with Gasteiger partial charge in [-0.25, -0.2) is 0 Å². The summed E-state index contributed by atoms with van der Waals surface area (Å²) < 4.78 is 45.6. The lowest BCUT2D eigenvalue weighted by Gasteiger charge is -2.33. The molecule has 24 heavy (non-hydrogen) atoms. The van der Waals surface area contributed by atoms with Gasteiger partial charge in [-0.2, -0.15) is 18.3 Å². The van der Waals surface area contributed by atoms with Gasteiger partial charge >= 0.3 is 6.18 Å². The number of methoxy groups -OCH3 is 1. The number of alkyl halides is 3. The highest BCUT2D eigenvalue weighted by molar-refractivity contribution is 14.1. The Labute approximate surface area is 149 Å². The molecule has 1 aliphatic rings. The number of aromatic nitrogens is 2. The lowest BCUT2D eigenvalue weighted by molar-refractivity contribution is -0.137. The molecule has 9 heteroatoms. The number of halogens is 4. The van der Waals surface area contributed by atoms with Crippen LogP contribution in [0, 0.1) is 3.57 Å². The Hall–Kier alpha value is -1.62. The highest BCUT2D eigenvalue weighted by Gasteiger charge is 2.35. The van der Waals surface area contributed by atoms with Gasteiger partial charge in [0.1, 0.15) is 5.69 Å². The third-order valence-electron chi connectivity index (χ3n) is 3.80. The van der Waals surface area contributed by atoms with Gasteiger partial charge in [-0.3, -0.25) is 9.48 Å². The molecule has 5 nitrogen and oxygen atoms in total. The number of benzene rings is 1. The monoisotopic (exact) mass is 451 g/mol. The Bertz CT molecular complexity index is 758. The number of nitrogens with zero attached hydrogens (tertiary/aromatic N) is 3. The molecule has 1 atom stereocenters. The highest BCUT2D eigenvalue weighted by atomic mass is 127. The topological polar surface area (TPSA) is 47.4 Å². The summed E-state index contributed by atoms with van der Waals surface area (Å²) in [5.41, 5.74) is 0.0879. The standard InChI is InChI=1S/C15H13F3IN3O2/c1-24-8-11-7-21(14(23)13-12(19)6-20-22(11)13)10-4-2-9(3-5-10)15(16,17)18/h2-6,11H,7-8H2,1H3. The number of ether oxygens (including phenoxy) is 1. The van der Waals surface area contributed by atoms with E-state index in [1.807, 2.05) is 22.6 Å². The summed E-state index contributed by atoms with van der Waals surface area (Å²) in [5.74, 6) is -0.288. The van der Waals surface area contributed by atoms with Crippen LogP contribution in [0.4, 0.5) is 18.9 Å². The van der Waals surface area contributed by atoms with Crippen LogP contribution in [-0.4, -0.2) is 35.9 Å². The number of fused-ring (bicyclic) bond motifs is 1. The van der Waals surface area contributed by atoms with Gasteiger partial charge in [0.15, 0.2) is 0 Å². The molecular formula is C15H13F3IN3O2. The maximum Gasteiger partial charge on any atom is 0.416 e. The molecule has 0 radical (unpaired) electrons. The molecule has 1 unspecified atom stereocenters. The second kappa shape index (κ2) is 6.36. The maximum absolute atomic E-state index is 12.7. The van der Waals surface area contributed by atoms with Crippen LogP contribution in [0.5, 0.6) is 0 Å². The molecule has 128 valence electrons. The van der Waals surface area contributed by atoms with E-state index >= 15 is 0 Å². The molecule has 2 aromatic rings. The minimum Gasteiger partial charge on any atom is -0.382 e. The average molecular weight is 451 g/mol. The minimum absolute atomic E-state index is 0.200. The number of anilines is 1. The first-order chi connectivity index (χ1) is 11.3. The van der Waals surface area contributed by atoms with Crippen molar-refractivity contribution in [2.45, 2.75) is 12.2 Å². The Morgan fingerprint density at radius 3 is 2.58 bits per heavy atom. The maximum atomic E-state index is 12.7. The van der Waals surface area contributed by atoms with Gasteiger partial charge in [-0.15, -0.1) is 0 Å². The first-order valence-electron chi connectivity index (χ1n) is 7.04. The fourth-order valence-corrected chi connectivity index (χ4v) is 3.29. The second-order valence-electron chi connectivity index (χ2n) is 5.36. The quantitative estimate of drug-likeness (QED) is 0.673. The van der Waals surface area contributed by atoms with Crippen LogP contribution >= 0.6 is 22.6 Å². The first kappa shape index (κ1) is 17.2. The number of carbonyl (C=O) groups is 1. The summed E-state index contributed by atoms with van der Waals surface area (Å²) in [5, 5.41) is 4.21. The summed E-state index contributed by atoms with van der Waals surface area (Å²) in [7, 11) is 1.55. The lowest BCUT2D eigenvalue weighted by Crippen LogP contribution is -2.45. The van der Waals surface area contributed by atoms with Crippen LogP contribution < -0.4 is 4.90 Å². The minimum atomic E-state index is -4.41. The van der Waals surface area contributed by atoms with Crippen molar-refractivity contribution in [2.75, 3.05) is 25.2 Å². The number of hydrogen-bond donors (Lipinski definition) is 0. The van der Waals surface area contributed by atoms with Crippen LogP contribution in [0.1, 0.15) is 22.1 Å². The first-order valence-corrected chi connectivity index (χ1v) is 8.12. The van der Waals surface area contributed by atoms with Gasteiger partial charge in [0, 0.05) is 12.8 Å². The van der Waals surface area contributed by atoms with E-state index in [1.54, 1.807) is 18.0 Å². The van der Waals surface area contributed by atoms with E-state index in [-0.39, 0.29) is 18.5 Å². The van der Waals surface area contributed by atoms with E-state index in [2.05, 4.69) is 5.10 Å². The predicted octanol–water partition coefficient (Wildman–Crippen LogP) is 3.35. The molecule has 2 heterocycles. The fourth-order valence-electron chi connectivity index (χ4n) is 2.69. The molecule has 3 rings (SSSR count). The van der Waals surface area contributed by atoms with Crippen LogP contribution in [0.25, 0.3) is 0 Å². The van der Waals surface area contributed by atoms with Crippen molar-refractivity contribution in [3.8, 4) is 0 Å². The van der Waals surface area contributed by atoms with Gasteiger partial charge in [-0.1, -0.05) is 0 Å². The van der Waals surface area contributed by atoms with Gasteiger partial charge in [0.25, 0.3) is 5.91 Å². The van der Waals surface area contributed by atoms with Crippen molar-refractivity contribution in [1.82, 2.24) is 9.78 Å². The fraction of sp³-hybridized carbons (Fsp3) is 0.333. The van der Waals surface area contributed by atoms with Gasteiger partial charge in [0.05, 0.1) is 34.5 Å². The Morgan fingerprint density at radius 2 is 2.00 bits per heavy atom. The van der Waals surface area contributed by atoms with Crippen LogP contribution in [0.3, 0.4) is 0 Å². The zero-order chi connectivity index (χ0) is 17.5. The molecule has 0 spiro atoms. The van der Waals surface area contributed by atoms with E-state index < -0.39 is 11.7 Å². The number of carbonyl (C=O) groups excluding carboxylic acids is 1. The van der Waals surface area contributed by atoms with E-state index in [0.29, 0.717) is 21.6 Å². The average Bonchev–Trinajstić information content (AvgIpc) is 2.92. The van der Waals surface area contributed by atoms with Gasteiger partial charge in [0.2, 0.25) is 0 Å². The van der Waals surface area contributed by atoms with Crippen molar-refractivity contribution >= 4 is 34.2 Å². The molecule has 1 aliphatic heterocycles. The van der Waals surface area contributed by atoms with Crippen molar-refractivity contribution in [3.63, 3.8) is 0 Å². The number of amides is 1. The zero-order valence-electron chi connectivity index (χ0n) is 12.5. The number of hydrogen-bond acceptors (Lipinski definition) is 3. The Balaban J connectivity index is 1.97. The summed E-state index contributed by atoms with van der Waals surface area (Å²) >= 11 is 2.02. The molecule has 0 saturated heterocycles. The van der Waals surface area contributed by atoms with Crippen molar-refractivity contribution in [1.29, 1.82) is 0 Å². The molecule has 0 aliphatic carbocycles. The van der Waals surface area contributed by atoms with Crippen molar-refractivity contribution in [3.05, 3.63) is 45.3 Å². The molecule has 1 amide bonds. The molecule has 0 fully saturated rings. The van der Waals surface area contributed by atoms with Crippen LogP contribution in [0.15, 0.2) is 30.5 Å². The molecule has 0 saturated carbocycles. The van der Waals surface area contributed by atoms with E-state index in [1.165, 1.54) is 17.0 Å². The zero-order valence-corrected chi connectivity index (χ0v) is 14.7. The molecule has 0 bridgehead atoms. The second-order valence-corrected chi connectivity index (χ2v) is 6.52. The predicted molar refractivity (Wildman–Crippen MR) is 89.0 cm³/mol. The highest BCUT2D eigenvalue weighted by Crippen LogP contribution is 2.33. The largest absolute Gasteiger partial charge is 0.416 e. The van der Waals surface area contributed by atoms with E-state index in [0.717, 1.165) is 12.1 Å². The molecule has 0 N–H and O–H groups in total. The van der Waals surface area contributed by atoms with Crippen LogP contribution in [-0.2, 0) is 10.9 Å². The van der Waals surface area contributed by atoms with Gasteiger partial charge in [-0.05, 0) is 46.9 Å². The Kier molecular flexibility index (Phi) is 4.56. The van der Waals surface area contributed by atoms with Crippen molar-refractivity contribution < 1.29 is 22.7 Å². The van der Waals surface area contributed by atoms with E-state index in [4.69, 9.17) is 4.74 Å². The third-order valence-corrected chi connectivity index (χ3v) is 4.59. The Morgan fingerprint density at radius 1 is 1.33 bits per heavy atom. The third kappa shape index (κ3) is 3.02. The summed E-state index contributed by atoms with van der Waals surface area (Å²) in [6.07, 6.45) is -2.82. The summed E-state index contributed by atoms with van der Waals surface area (Å²) in [6, 6.07) is 4.37. The lowest BCUT2D eigenvalue weighted by atomic mass is 10.1. The smallest absolute Gasteiger partial charge is 0.382 e. The SMILES string of the molecule is COCC1CN(c2ccc(C(F)(F)F)cc2)C(=O)c2c(I)cnn21. The normalized spacial score (nSPS) is 18.0. The molecule has 1 aromatic carbocycles. The van der Waals surface area contributed by atoms with E-state index in [9.17, 15) is 18.0 Å². The number of rotatable bonds is 3. The van der Waals surface area contributed by atoms with Gasteiger partial charge < -0.3 is 9.64 Å². The molecular weight excluding hydrogens is 438 g/mol. The molecule has 1 aromatic heterocycles. The summed E-state index contributed by atoms with van der Waals surface area (Å²) in [4.78, 5) is 14.2.